The average Bonchev–Trinajstić information content (AvgIpc) is 3.05. The fraction of sp³-hybridized carbons (Fsp3) is 0.920. The van der Waals surface area contributed by atoms with Crippen LogP contribution in [0.15, 0.2) is 0 Å². The van der Waals surface area contributed by atoms with Gasteiger partial charge in [-0.15, -0.1) is 0 Å². The summed E-state index contributed by atoms with van der Waals surface area (Å²) in [6.07, 6.45) is -2.41. The zero-order valence-electron chi connectivity index (χ0n) is 23.4. The summed E-state index contributed by atoms with van der Waals surface area (Å²) >= 11 is 0. The number of hydrogen-bond donors (Lipinski definition) is 3. The van der Waals surface area contributed by atoms with Crippen LogP contribution in [-0.2, 0) is 28.5 Å². The van der Waals surface area contributed by atoms with E-state index in [-0.39, 0.29) is 11.8 Å². The van der Waals surface area contributed by atoms with Crippen molar-refractivity contribution in [2.24, 2.45) is 17.8 Å². The maximum absolute atomic E-state index is 12.9. The predicted octanol–water partition coefficient (Wildman–Crippen LogP) is 3.00. The number of carbonyl (C=O) groups is 2. The van der Waals surface area contributed by atoms with E-state index in [1.165, 1.54) is 0 Å². The third-order valence-corrected chi connectivity index (χ3v) is 10.9. The van der Waals surface area contributed by atoms with Crippen LogP contribution < -0.4 is 0 Å². The van der Waals surface area contributed by atoms with Crippen LogP contribution in [-0.4, -0.2) is 79.2 Å². The van der Waals surface area contributed by atoms with Gasteiger partial charge in [-0.1, -0.05) is 34.6 Å². The smallest absolute Gasteiger partial charge is 0.344 e. The molecule has 9 nitrogen and oxygen atoms in total. The molecule has 0 amide bonds. The van der Waals surface area contributed by atoms with Gasteiger partial charge in [-0.3, -0.25) is 0 Å². The van der Waals surface area contributed by atoms with Crippen molar-refractivity contribution in [3.63, 3.8) is 0 Å². The number of aliphatic hydroxyl groups is 2. The van der Waals surface area contributed by atoms with Crippen LogP contribution >= 0.6 is 0 Å². The summed E-state index contributed by atoms with van der Waals surface area (Å²) in [7, 11) is -0.534. The predicted molar refractivity (Wildman–Crippen MR) is 134 cm³/mol. The quantitative estimate of drug-likeness (QED) is 0.262. The fourth-order valence-corrected chi connectivity index (χ4v) is 5.73. The summed E-state index contributed by atoms with van der Waals surface area (Å²) in [5, 5.41) is 21.9. The first-order chi connectivity index (χ1) is 15.7. The molecule has 0 saturated carbocycles. The van der Waals surface area contributed by atoms with E-state index in [2.05, 4.69) is 25.5 Å². The molecule has 10 heteroatoms. The third-order valence-electron chi connectivity index (χ3n) is 7.39. The monoisotopic (exact) mass is 520 g/mol. The second kappa shape index (κ2) is 11.6. The van der Waals surface area contributed by atoms with Gasteiger partial charge < -0.3 is 34.0 Å². The van der Waals surface area contributed by atoms with Crippen LogP contribution in [0.2, 0.25) is 18.1 Å². The van der Waals surface area contributed by atoms with E-state index >= 15 is 0 Å². The summed E-state index contributed by atoms with van der Waals surface area (Å²) in [4.78, 5) is 36.1. The van der Waals surface area contributed by atoms with Crippen LogP contribution in [0.25, 0.3) is 0 Å². The summed E-state index contributed by atoms with van der Waals surface area (Å²) < 4.78 is 21.7. The lowest BCUT2D eigenvalue weighted by Crippen LogP contribution is -2.65. The van der Waals surface area contributed by atoms with Gasteiger partial charge in [0.2, 0.25) is 5.60 Å². The molecule has 0 aromatic heterocycles. The van der Waals surface area contributed by atoms with Crippen molar-refractivity contribution >= 4 is 20.3 Å². The summed E-state index contributed by atoms with van der Waals surface area (Å²) in [5.41, 5.74) is -2.77. The summed E-state index contributed by atoms with van der Waals surface area (Å²) in [5.74, 6) is -3.18. The van der Waals surface area contributed by atoms with E-state index < -0.39 is 55.0 Å². The van der Waals surface area contributed by atoms with Gasteiger partial charge in [0.1, 0.15) is 6.10 Å². The van der Waals surface area contributed by atoms with Crippen molar-refractivity contribution in [2.75, 3.05) is 14.2 Å². The molecule has 0 aliphatic carbocycles. The van der Waals surface area contributed by atoms with E-state index in [9.17, 15) is 24.6 Å². The van der Waals surface area contributed by atoms with Crippen LogP contribution in [0.1, 0.15) is 67.7 Å². The van der Waals surface area contributed by atoms with Gasteiger partial charge in [-0.25, -0.2) is 9.59 Å². The lowest BCUT2D eigenvalue weighted by atomic mass is 9.76. The summed E-state index contributed by atoms with van der Waals surface area (Å²) in [6.45, 7) is 17.5. The zero-order chi connectivity index (χ0) is 27.6. The van der Waals surface area contributed by atoms with Crippen molar-refractivity contribution in [3.05, 3.63) is 0 Å². The Bertz CT molecular complexity index is 731. The molecule has 0 spiro atoms. The molecule has 35 heavy (non-hydrogen) atoms. The molecule has 1 unspecified atom stereocenters. The largest absolute Gasteiger partial charge is 0.467 e. The SMILES string of the molecule is COC(=O)[C@H](O)[C@](O)(C(=O)OC)[C@@H]1OC(C)(C)O[C@H]1[C@H](CC(C)CC(C)C)CC(C)(C)[Si](C)(C)O. The average molecular weight is 521 g/mol. The second-order valence-corrected chi connectivity index (χ2v) is 16.6. The van der Waals surface area contributed by atoms with Gasteiger partial charge in [-0.05, 0) is 69.0 Å². The molecule has 1 aliphatic rings. The van der Waals surface area contributed by atoms with Gasteiger partial charge in [0.05, 0.1) is 20.3 Å². The maximum Gasteiger partial charge on any atom is 0.344 e. The maximum atomic E-state index is 12.9. The molecular formula is C25H48O9Si. The lowest BCUT2D eigenvalue weighted by Gasteiger charge is -2.42. The first kappa shape index (κ1) is 32.0. The Labute approximate surface area is 211 Å². The standard InChI is InChI=1S/C25H48O9Si/c1-15(2)12-16(3)13-17(14-23(4,5)35(10,11)30)18-20(34-24(6,7)33-18)25(29,22(28)32-9)19(26)21(27)31-8/h15-20,26,29-30H,12-14H2,1-11H3/t16?,17-,18+,19+,20-,25-/m1/s1. The highest BCUT2D eigenvalue weighted by Crippen LogP contribution is 2.49. The van der Waals surface area contributed by atoms with E-state index in [0.29, 0.717) is 18.8 Å². The van der Waals surface area contributed by atoms with Crippen LogP contribution in [0.3, 0.4) is 0 Å². The van der Waals surface area contributed by atoms with Gasteiger partial charge in [-0.2, -0.15) is 0 Å². The van der Waals surface area contributed by atoms with Crippen LogP contribution in [0.4, 0.5) is 0 Å². The number of esters is 2. The lowest BCUT2D eigenvalue weighted by molar-refractivity contribution is -0.217. The Balaban J connectivity index is 3.63. The topological polar surface area (TPSA) is 132 Å². The molecule has 1 saturated heterocycles. The molecule has 1 fully saturated rings. The number of hydrogen-bond acceptors (Lipinski definition) is 9. The minimum atomic E-state index is -2.77. The highest BCUT2D eigenvalue weighted by Gasteiger charge is 2.64. The van der Waals surface area contributed by atoms with E-state index in [4.69, 9.17) is 14.2 Å². The second-order valence-electron chi connectivity index (χ2n) is 12.1. The van der Waals surface area contributed by atoms with Gasteiger partial charge in [0.25, 0.3) is 0 Å². The number of aliphatic hydroxyl groups excluding tert-OH is 1. The Morgan fingerprint density at radius 2 is 1.60 bits per heavy atom. The van der Waals surface area contributed by atoms with Crippen molar-refractivity contribution in [2.45, 2.75) is 116 Å². The molecule has 0 radical (unpaired) electrons. The number of carbonyl (C=O) groups excluding carboxylic acids is 2. The molecule has 0 aromatic rings. The van der Waals surface area contributed by atoms with Crippen LogP contribution in [0.5, 0.6) is 0 Å². The number of rotatable bonds is 12. The molecule has 6 atom stereocenters. The molecule has 206 valence electrons. The molecular weight excluding hydrogens is 472 g/mol. The molecule has 0 aromatic carbocycles. The molecule has 1 heterocycles. The Hall–Kier alpha value is -1.04. The third kappa shape index (κ3) is 7.49. The minimum absolute atomic E-state index is 0.268. The first-order valence-corrected chi connectivity index (χ1v) is 15.3. The molecule has 1 aliphatic heterocycles. The molecule has 3 N–H and O–H groups in total. The normalized spacial score (nSPS) is 25.0. The van der Waals surface area contributed by atoms with Gasteiger partial charge in [0, 0.05) is 0 Å². The van der Waals surface area contributed by atoms with E-state index in [1.54, 1.807) is 13.8 Å². The molecule has 1 rings (SSSR count). The fourth-order valence-electron chi connectivity index (χ4n) is 4.97. The summed E-state index contributed by atoms with van der Waals surface area (Å²) in [6, 6.07) is 0. The highest BCUT2D eigenvalue weighted by atomic mass is 28.4. The van der Waals surface area contributed by atoms with Crippen molar-refractivity contribution in [3.8, 4) is 0 Å². The Morgan fingerprint density at radius 3 is 2.03 bits per heavy atom. The van der Waals surface area contributed by atoms with Gasteiger partial charge in [0.15, 0.2) is 20.2 Å². The molecule has 0 bridgehead atoms. The Morgan fingerprint density at radius 1 is 1.06 bits per heavy atom. The Kier molecular flexibility index (Phi) is 10.6. The van der Waals surface area contributed by atoms with Crippen molar-refractivity contribution in [1.82, 2.24) is 0 Å². The zero-order valence-corrected chi connectivity index (χ0v) is 24.4. The van der Waals surface area contributed by atoms with E-state index in [0.717, 1.165) is 20.6 Å². The van der Waals surface area contributed by atoms with Crippen LogP contribution in [0, 0.1) is 17.8 Å². The number of ether oxygens (including phenoxy) is 4. The van der Waals surface area contributed by atoms with Crippen molar-refractivity contribution < 1.29 is 43.5 Å². The highest BCUT2D eigenvalue weighted by molar-refractivity contribution is 6.72. The van der Waals surface area contributed by atoms with Gasteiger partial charge >= 0.3 is 11.9 Å². The first-order valence-electron chi connectivity index (χ1n) is 12.4. The minimum Gasteiger partial charge on any atom is -0.467 e. The number of methoxy groups -OCH3 is 2. The van der Waals surface area contributed by atoms with Crippen molar-refractivity contribution in [1.29, 1.82) is 0 Å². The van der Waals surface area contributed by atoms with E-state index in [1.807, 2.05) is 26.9 Å².